The molecular formula is C13H16N4. The van der Waals surface area contributed by atoms with Gasteiger partial charge in [-0.15, -0.1) is 0 Å². The lowest BCUT2D eigenvalue weighted by Crippen LogP contribution is -2.18. The van der Waals surface area contributed by atoms with Crippen molar-refractivity contribution >= 4 is 5.82 Å². The van der Waals surface area contributed by atoms with Crippen molar-refractivity contribution in [3.63, 3.8) is 0 Å². The van der Waals surface area contributed by atoms with E-state index in [4.69, 9.17) is 5.73 Å². The molecule has 0 saturated carbocycles. The number of nitrogens with two attached hydrogens (primary N) is 1. The van der Waals surface area contributed by atoms with Gasteiger partial charge in [-0.25, -0.2) is 4.98 Å². The highest BCUT2D eigenvalue weighted by atomic mass is 15.1. The molecule has 2 aromatic heterocycles. The minimum Gasteiger partial charge on any atom is -0.383 e. The molecule has 0 atom stereocenters. The highest BCUT2D eigenvalue weighted by Gasteiger charge is 2.04. The van der Waals surface area contributed by atoms with Gasteiger partial charge in [0, 0.05) is 37.2 Å². The van der Waals surface area contributed by atoms with Crippen molar-refractivity contribution in [2.24, 2.45) is 0 Å². The van der Waals surface area contributed by atoms with Crippen LogP contribution in [0.3, 0.4) is 0 Å². The van der Waals surface area contributed by atoms with Gasteiger partial charge in [0.25, 0.3) is 0 Å². The molecule has 0 bridgehead atoms. The van der Waals surface area contributed by atoms with E-state index in [2.05, 4.69) is 21.9 Å². The third kappa shape index (κ3) is 3.26. The number of pyridine rings is 2. The van der Waals surface area contributed by atoms with Crippen molar-refractivity contribution in [1.82, 2.24) is 14.9 Å². The van der Waals surface area contributed by atoms with Crippen molar-refractivity contribution in [3.05, 3.63) is 54.0 Å². The predicted molar refractivity (Wildman–Crippen MR) is 68.1 cm³/mol. The van der Waals surface area contributed by atoms with Crippen molar-refractivity contribution < 1.29 is 0 Å². The van der Waals surface area contributed by atoms with E-state index in [0.29, 0.717) is 5.82 Å². The molecule has 2 N–H and O–H groups in total. The van der Waals surface area contributed by atoms with Crippen LogP contribution in [0.1, 0.15) is 11.1 Å². The van der Waals surface area contributed by atoms with Crippen LogP contribution in [0.25, 0.3) is 0 Å². The monoisotopic (exact) mass is 228 g/mol. The van der Waals surface area contributed by atoms with Gasteiger partial charge in [-0.2, -0.15) is 0 Å². The minimum atomic E-state index is 0.606. The fourth-order valence-corrected chi connectivity index (χ4v) is 1.73. The zero-order chi connectivity index (χ0) is 12.1. The smallest absolute Gasteiger partial charge is 0.127 e. The Morgan fingerprint density at radius 1 is 1.12 bits per heavy atom. The van der Waals surface area contributed by atoms with Crippen molar-refractivity contribution in [1.29, 1.82) is 0 Å². The Labute approximate surface area is 101 Å². The fraction of sp³-hybridized carbons (Fsp3) is 0.231. The SMILES string of the molecule is CN(Cc1ccncc1)Cc1cccnc1N. The van der Waals surface area contributed by atoms with E-state index < -0.39 is 0 Å². The zero-order valence-corrected chi connectivity index (χ0v) is 9.87. The highest BCUT2D eigenvalue weighted by molar-refractivity contribution is 5.38. The first-order valence-corrected chi connectivity index (χ1v) is 5.52. The summed E-state index contributed by atoms with van der Waals surface area (Å²) in [4.78, 5) is 10.3. The molecule has 0 amide bonds. The molecule has 2 aromatic rings. The summed E-state index contributed by atoms with van der Waals surface area (Å²) in [5.41, 5.74) is 8.11. The van der Waals surface area contributed by atoms with Crippen LogP contribution in [-0.2, 0) is 13.1 Å². The second-order valence-electron chi connectivity index (χ2n) is 4.08. The van der Waals surface area contributed by atoms with Gasteiger partial charge in [0.1, 0.15) is 5.82 Å². The van der Waals surface area contributed by atoms with Gasteiger partial charge in [0.2, 0.25) is 0 Å². The Hall–Kier alpha value is -1.94. The molecular weight excluding hydrogens is 212 g/mol. The summed E-state index contributed by atoms with van der Waals surface area (Å²) < 4.78 is 0. The molecule has 0 spiro atoms. The van der Waals surface area contributed by atoms with Crippen LogP contribution in [0.4, 0.5) is 5.82 Å². The second-order valence-corrected chi connectivity index (χ2v) is 4.08. The molecule has 0 aromatic carbocycles. The fourth-order valence-electron chi connectivity index (χ4n) is 1.73. The van der Waals surface area contributed by atoms with Crippen LogP contribution >= 0.6 is 0 Å². The highest BCUT2D eigenvalue weighted by Crippen LogP contribution is 2.11. The predicted octanol–water partition coefficient (Wildman–Crippen LogP) is 1.69. The summed E-state index contributed by atoms with van der Waals surface area (Å²) in [5, 5.41) is 0. The quantitative estimate of drug-likeness (QED) is 0.865. The summed E-state index contributed by atoms with van der Waals surface area (Å²) >= 11 is 0. The van der Waals surface area contributed by atoms with Crippen LogP contribution in [-0.4, -0.2) is 21.9 Å². The largest absolute Gasteiger partial charge is 0.383 e. The topological polar surface area (TPSA) is 55.0 Å². The molecule has 0 aliphatic heterocycles. The zero-order valence-electron chi connectivity index (χ0n) is 9.87. The lowest BCUT2D eigenvalue weighted by Gasteiger charge is -2.17. The Morgan fingerprint density at radius 2 is 1.88 bits per heavy atom. The van der Waals surface area contributed by atoms with E-state index in [1.807, 2.05) is 36.7 Å². The molecule has 88 valence electrons. The van der Waals surface area contributed by atoms with Crippen LogP contribution in [0, 0.1) is 0 Å². The number of nitrogens with zero attached hydrogens (tertiary/aromatic N) is 3. The normalized spacial score (nSPS) is 10.7. The van der Waals surface area contributed by atoms with E-state index in [-0.39, 0.29) is 0 Å². The van der Waals surface area contributed by atoms with Gasteiger partial charge in [0.05, 0.1) is 0 Å². The van der Waals surface area contributed by atoms with Crippen molar-refractivity contribution in [3.8, 4) is 0 Å². The third-order valence-electron chi connectivity index (χ3n) is 2.57. The van der Waals surface area contributed by atoms with Gasteiger partial charge < -0.3 is 5.73 Å². The van der Waals surface area contributed by atoms with Crippen molar-refractivity contribution in [2.45, 2.75) is 13.1 Å². The Morgan fingerprint density at radius 3 is 2.59 bits per heavy atom. The van der Waals surface area contributed by atoms with Crippen LogP contribution < -0.4 is 5.73 Å². The first-order valence-electron chi connectivity index (χ1n) is 5.52. The van der Waals surface area contributed by atoms with Gasteiger partial charge in [-0.3, -0.25) is 9.88 Å². The Kier molecular flexibility index (Phi) is 3.67. The summed E-state index contributed by atoms with van der Waals surface area (Å²) in [6.45, 7) is 1.67. The first-order chi connectivity index (χ1) is 8.25. The molecule has 17 heavy (non-hydrogen) atoms. The minimum absolute atomic E-state index is 0.606. The third-order valence-corrected chi connectivity index (χ3v) is 2.57. The van der Waals surface area contributed by atoms with E-state index in [1.165, 1.54) is 5.56 Å². The Balaban J connectivity index is 1.98. The second kappa shape index (κ2) is 5.41. The molecule has 0 aliphatic carbocycles. The molecule has 0 aliphatic rings. The standard InChI is InChI=1S/C13H16N4/c1-17(9-11-4-7-15-8-5-11)10-12-3-2-6-16-13(12)14/h2-8H,9-10H2,1H3,(H2,14,16). The molecule has 4 heteroatoms. The maximum atomic E-state index is 5.81. The number of anilines is 1. The number of hydrogen-bond acceptors (Lipinski definition) is 4. The number of aromatic nitrogens is 2. The van der Waals surface area contributed by atoms with Crippen LogP contribution in [0.5, 0.6) is 0 Å². The molecule has 0 radical (unpaired) electrons. The molecule has 0 unspecified atom stereocenters. The maximum Gasteiger partial charge on any atom is 0.127 e. The lowest BCUT2D eigenvalue weighted by atomic mass is 10.2. The summed E-state index contributed by atoms with van der Waals surface area (Å²) in [6.07, 6.45) is 5.32. The van der Waals surface area contributed by atoms with Gasteiger partial charge in [-0.1, -0.05) is 6.07 Å². The molecule has 0 saturated heterocycles. The Bertz CT molecular complexity index is 470. The van der Waals surface area contributed by atoms with E-state index in [1.54, 1.807) is 6.20 Å². The average molecular weight is 228 g/mol. The van der Waals surface area contributed by atoms with E-state index >= 15 is 0 Å². The molecule has 0 fully saturated rings. The average Bonchev–Trinajstić information content (AvgIpc) is 2.33. The maximum absolute atomic E-state index is 5.81. The lowest BCUT2D eigenvalue weighted by molar-refractivity contribution is 0.319. The van der Waals surface area contributed by atoms with Crippen molar-refractivity contribution in [2.75, 3.05) is 12.8 Å². The van der Waals surface area contributed by atoms with Gasteiger partial charge >= 0.3 is 0 Å². The summed E-state index contributed by atoms with van der Waals surface area (Å²) in [5.74, 6) is 0.606. The van der Waals surface area contributed by atoms with Crippen LogP contribution in [0.2, 0.25) is 0 Å². The molecule has 4 nitrogen and oxygen atoms in total. The summed E-state index contributed by atoms with van der Waals surface area (Å²) in [6, 6.07) is 7.95. The number of rotatable bonds is 4. The summed E-state index contributed by atoms with van der Waals surface area (Å²) in [7, 11) is 2.06. The van der Waals surface area contributed by atoms with Crippen LogP contribution in [0.15, 0.2) is 42.9 Å². The molecule has 2 rings (SSSR count). The molecule has 2 heterocycles. The van der Waals surface area contributed by atoms with Gasteiger partial charge in [-0.05, 0) is 30.8 Å². The number of nitrogen functional groups attached to an aromatic ring is 1. The van der Waals surface area contributed by atoms with Gasteiger partial charge in [0.15, 0.2) is 0 Å². The van der Waals surface area contributed by atoms with E-state index in [0.717, 1.165) is 18.7 Å². The van der Waals surface area contributed by atoms with E-state index in [9.17, 15) is 0 Å². The first kappa shape index (κ1) is 11.5. The number of hydrogen-bond donors (Lipinski definition) is 1.